The third-order valence-corrected chi connectivity index (χ3v) is 6.79. The van der Waals surface area contributed by atoms with Gasteiger partial charge in [-0.05, 0) is 49.8 Å². The standard InChI is InChI=1S/C27H26F3N5O2/c1-34-10-9-18(15-34)35(2)26(36)21-11-16(7-8-23(21)31)17-12-20-22(14-33-25(20)32-13-17)19-5-3-4-6-24(19)37-27(28,29)30/h3-8,11-14,18H,9-10,15,31H2,1-2H3,(H,32,33). The number of benzene rings is 2. The maximum absolute atomic E-state index is 13.3. The first-order chi connectivity index (χ1) is 17.6. The van der Waals surface area contributed by atoms with Gasteiger partial charge in [-0.2, -0.15) is 0 Å². The zero-order valence-electron chi connectivity index (χ0n) is 20.3. The van der Waals surface area contributed by atoms with Crippen molar-refractivity contribution >= 4 is 22.6 Å². The van der Waals surface area contributed by atoms with E-state index in [2.05, 4.69) is 19.6 Å². The average Bonchev–Trinajstić information content (AvgIpc) is 3.48. The van der Waals surface area contributed by atoms with Crippen LogP contribution in [0.2, 0.25) is 0 Å². The molecule has 5 rings (SSSR count). The lowest BCUT2D eigenvalue weighted by Gasteiger charge is -2.25. The second-order valence-corrected chi connectivity index (χ2v) is 9.29. The number of fused-ring (bicyclic) bond motifs is 1. The fraction of sp³-hybridized carbons (Fsp3) is 0.259. The lowest BCUT2D eigenvalue weighted by Crippen LogP contribution is -2.38. The molecule has 1 saturated heterocycles. The molecule has 1 fully saturated rings. The van der Waals surface area contributed by atoms with Gasteiger partial charge in [-0.3, -0.25) is 4.79 Å². The Labute approximate surface area is 211 Å². The van der Waals surface area contributed by atoms with Crippen molar-refractivity contribution in [3.8, 4) is 28.0 Å². The number of rotatable bonds is 5. The smallest absolute Gasteiger partial charge is 0.405 e. The van der Waals surface area contributed by atoms with Gasteiger partial charge in [-0.1, -0.05) is 24.3 Å². The number of para-hydroxylation sites is 1. The average molecular weight is 510 g/mol. The van der Waals surface area contributed by atoms with Crippen molar-refractivity contribution in [2.45, 2.75) is 18.8 Å². The van der Waals surface area contributed by atoms with Gasteiger partial charge < -0.3 is 25.3 Å². The molecule has 2 aromatic heterocycles. The van der Waals surface area contributed by atoms with E-state index in [1.54, 1.807) is 54.7 Å². The zero-order valence-corrected chi connectivity index (χ0v) is 20.3. The van der Waals surface area contributed by atoms with Crippen molar-refractivity contribution in [2.24, 2.45) is 0 Å². The highest BCUT2D eigenvalue weighted by Gasteiger charge is 2.32. The number of aromatic amines is 1. The molecular weight excluding hydrogens is 483 g/mol. The summed E-state index contributed by atoms with van der Waals surface area (Å²) in [5.41, 5.74) is 9.68. The molecule has 0 bridgehead atoms. The summed E-state index contributed by atoms with van der Waals surface area (Å²) in [6, 6.07) is 13.1. The summed E-state index contributed by atoms with van der Waals surface area (Å²) in [4.78, 5) is 24.7. The Morgan fingerprint density at radius 1 is 1.16 bits per heavy atom. The maximum atomic E-state index is 13.3. The number of carbonyl (C=O) groups is 1. The van der Waals surface area contributed by atoms with Crippen LogP contribution < -0.4 is 10.5 Å². The summed E-state index contributed by atoms with van der Waals surface area (Å²) in [7, 11) is 3.82. The van der Waals surface area contributed by atoms with E-state index >= 15 is 0 Å². The van der Waals surface area contributed by atoms with Crippen molar-refractivity contribution in [3.05, 3.63) is 66.5 Å². The number of ether oxygens (including phenoxy) is 1. The minimum Gasteiger partial charge on any atom is -0.405 e. The molecule has 10 heteroatoms. The monoisotopic (exact) mass is 509 g/mol. The topological polar surface area (TPSA) is 87.5 Å². The van der Waals surface area contributed by atoms with E-state index in [1.165, 1.54) is 12.1 Å². The molecule has 7 nitrogen and oxygen atoms in total. The van der Waals surface area contributed by atoms with Crippen molar-refractivity contribution in [3.63, 3.8) is 0 Å². The number of nitrogens with one attached hydrogen (secondary N) is 1. The summed E-state index contributed by atoms with van der Waals surface area (Å²) in [6.07, 6.45) is -0.671. The van der Waals surface area contributed by atoms with Gasteiger partial charge in [0.25, 0.3) is 5.91 Å². The summed E-state index contributed by atoms with van der Waals surface area (Å²) >= 11 is 0. The van der Waals surface area contributed by atoms with Crippen LogP contribution in [0.25, 0.3) is 33.3 Å². The van der Waals surface area contributed by atoms with Crippen molar-refractivity contribution in [1.29, 1.82) is 0 Å². The summed E-state index contributed by atoms with van der Waals surface area (Å²) in [6.45, 7) is 1.73. The van der Waals surface area contributed by atoms with Gasteiger partial charge in [0.1, 0.15) is 11.4 Å². The van der Waals surface area contributed by atoms with Gasteiger partial charge >= 0.3 is 6.36 Å². The van der Waals surface area contributed by atoms with E-state index in [9.17, 15) is 18.0 Å². The molecule has 0 aliphatic carbocycles. The van der Waals surface area contributed by atoms with Crippen LogP contribution in [0.1, 0.15) is 16.8 Å². The number of likely N-dealkylation sites (tertiary alicyclic amines) is 1. The number of H-pyrrole nitrogens is 1. The minimum absolute atomic E-state index is 0.111. The summed E-state index contributed by atoms with van der Waals surface area (Å²) < 4.78 is 43.2. The number of halogens is 3. The predicted octanol–water partition coefficient (Wildman–Crippen LogP) is 5.15. The van der Waals surface area contributed by atoms with E-state index < -0.39 is 6.36 Å². The molecule has 4 aromatic rings. The first-order valence-corrected chi connectivity index (χ1v) is 11.8. The third kappa shape index (κ3) is 4.97. The van der Waals surface area contributed by atoms with Crippen LogP contribution in [0.15, 0.2) is 60.9 Å². The van der Waals surface area contributed by atoms with Gasteiger partial charge in [0, 0.05) is 59.8 Å². The third-order valence-electron chi connectivity index (χ3n) is 6.79. The SMILES string of the molecule is CN1CCC(N(C)C(=O)c2cc(-c3cnc4[nH]cc(-c5ccccc5OC(F)(F)F)c4c3)ccc2N)C1. The van der Waals surface area contributed by atoms with E-state index in [0.29, 0.717) is 33.4 Å². The number of alkyl halides is 3. The minimum atomic E-state index is -4.82. The van der Waals surface area contributed by atoms with Crippen LogP contribution in [0.5, 0.6) is 5.75 Å². The van der Waals surface area contributed by atoms with E-state index in [4.69, 9.17) is 5.73 Å². The van der Waals surface area contributed by atoms with Crippen LogP contribution in [-0.4, -0.2) is 65.3 Å². The van der Waals surface area contributed by atoms with Crippen LogP contribution in [-0.2, 0) is 0 Å². The largest absolute Gasteiger partial charge is 0.573 e. The van der Waals surface area contributed by atoms with Crippen LogP contribution >= 0.6 is 0 Å². The fourth-order valence-corrected chi connectivity index (χ4v) is 4.79. The maximum Gasteiger partial charge on any atom is 0.573 e. The molecule has 1 atom stereocenters. The van der Waals surface area contributed by atoms with E-state index in [-0.39, 0.29) is 23.3 Å². The Hall–Kier alpha value is -4.05. The number of amides is 1. The van der Waals surface area contributed by atoms with Crippen molar-refractivity contribution < 1.29 is 22.7 Å². The molecule has 1 aliphatic heterocycles. The number of carbonyl (C=O) groups excluding carboxylic acids is 1. The number of hydrogen-bond donors (Lipinski definition) is 2. The molecule has 0 saturated carbocycles. The number of nitrogens with zero attached hydrogens (tertiary/aromatic N) is 3. The Kier molecular flexibility index (Phi) is 6.28. The number of pyridine rings is 1. The van der Waals surface area contributed by atoms with Crippen molar-refractivity contribution in [1.82, 2.24) is 19.8 Å². The quantitative estimate of drug-likeness (QED) is 0.363. The Morgan fingerprint density at radius 2 is 1.95 bits per heavy atom. The molecule has 192 valence electrons. The lowest BCUT2D eigenvalue weighted by molar-refractivity contribution is -0.274. The van der Waals surface area contributed by atoms with Crippen molar-refractivity contribution in [2.75, 3.05) is 32.9 Å². The Morgan fingerprint density at radius 3 is 2.68 bits per heavy atom. The first-order valence-electron chi connectivity index (χ1n) is 11.8. The second-order valence-electron chi connectivity index (χ2n) is 9.29. The highest BCUT2D eigenvalue weighted by molar-refractivity contribution is 6.01. The van der Waals surface area contributed by atoms with Gasteiger partial charge in [-0.15, -0.1) is 13.2 Å². The first kappa shape index (κ1) is 24.6. The molecule has 0 radical (unpaired) electrons. The van der Waals surface area contributed by atoms with E-state index in [1.807, 2.05) is 13.1 Å². The number of anilines is 1. The van der Waals surface area contributed by atoms with Gasteiger partial charge in [0.05, 0.1) is 5.56 Å². The molecule has 37 heavy (non-hydrogen) atoms. The Bertz CT molecular complexity index is 1470. The number of nitrogen functional groups attached to an aromatic ring is 1. The highest BCUT2D eigenvalue weighted by atomic mass is 19.4. The normalized spacial score (nSPS) is 16.3. The van der Waals surface area contributed by atoms with Crippen LogP contribution in [0, 0.1) is 0 Å². The molecule has 1 aliphatic rings. The van der Waals surface area contributed by atoms with Gasteiger partial charge in [-0.25, -0.2) is 4.98 Å². The summed E-state index contributed by atoms with van der Waals surface area (Å²) in [5, 5.41) is 0.617. The van der Waals surface area contributed by atoms with Gasteiger partial charge in [0.15, 0.2) is 0 Å². The number of hydrogen-bond acceptors (Lipinski definition) is 5. The number of nitrogens with two attached hydrogens (primary N) is 1. The number of likely N-dealkylation sites (N-methyl/N-ethyl adjacent to an activating group) is 2. The predicted molar refractivity (Wildman–Crippen MR) is 136 cm³/mol. The lowest BCUT2D eigenvalue weighted by atomic mass is 9.99. The van der Waals surface area contributed by atoms with E-state index in [0.717, 1.165) is 25.1 Å². The number of aromatic nitrogens is 2. The van der Waals surface area contributed by atoms with Crippen LogP contribution in [0.4, 0.5) is 18.9 Å². The second kappa shape index (κ2) is 9.44. The summed E-state index contributed by atoms with van der Waals surface area (Å²) in [5.74, 6) is -0.462. The van der Waals surface area contributed by atoms with Crippen LogP contribution in [0.3, 0.4) is 0 Å². The Balaban J connectivity index is 1.52. The molecule has 3 heterocycles. The highest BCUT2D eigenvalue weighted by Crippen LogP contribution is 2.38. The molecule has 2 aromatic carbocycles. The molecule has 3 N–H and O–H groups in total. The zero-order chi connectivity index (χ0) is 26.3. The fourth-order valence-electron chi connectivity index (χ4n) is 4.79. The molecule has 0 spiro atoms. The molecule has 1 unspecified atom stereocenters. The van der Waals surface area contributed by atoms with Gasteiger partial charge in [0.2, 0.25) is 0 Å². The molecular formula is C27H26F3N5O2. The molecule has 1 amide bonds.